The lowest BCUT2D eigenvalue weighted by Crippen LogP contribution is -2.44. The molecule has 1 saturated heterocycles. The van der Waals surface area contributed by atoms with Crippen LogP contribution in [0, 0.1) is 11.8 Å². The summed E-state index contributed by atoms with van der Waals surface area (Å²) in [5, 5.41) is 9.45. The van der Waals surface area contributed by atoms with E-state index in [9.17, 15) is 19.5 Å². The van der Waals surface area contributed by atoms with E-state index >= 15 is 0 Å². The fraction of sp³-hybridized carbons (Fsp3) is 0.800. The molecule has 2 atom stereocenters. The second-order valence-electron chi connectivity index (χ2n) is 6.06. The Balaban J connectivity index is 2.02. The number of nitrogens with zero attached hydrogens (tertiary/aromatic N) is 1. The van der Waals surface area contributed by atoms with E-state index in [1.165, 1.54) is 18.4 Å². The Kier molecular flexibility index (Phi) is 5.20. The summed E-state index contributed by atoms with van der Waals surface area (Å²) >= 11 is 0. The third-order valence-corrected chi connectivity index (χ3v) is 4.64. The molecule has 1 amide bonds. The van der Waals surface area contributed by atoms with Crippen molar-refractivity contribution in [3.05, 3.63) is 0 Å². The Labute approximate surface area is 124 Å². The number of carbonyl (C=O) groups excluding carboxylic acids is 2. The third-order valence-electron chi connectivity index (χ3n) is 4.64. The predicted molar refractivity (Wildman–Crippen MR) is 74.5 cm³/mol. The largest absolute Gasteiger partial charge is 0.480 e. The number of carbonyl (C=O) groups is 3. The van der Waals surface area contributed by atoms with Crippen LogP contribution >= 0.6 is 0 Å². The van der Waals surface area contributed by atoms with Crippen LogP contribution < -0.4 is 0 Å². The van der Waals surface area contributed by atoms with E-state index < -0.39 is 23.9 Å². The Hall–Kier alpha value is -1.59. The number of carboxylic acid groups (broad SMARTS) is 1. The highest BCUT2D eigenvalue weighted by atomic mass is 16.5. The number of rotatable bonds is 5. The minimum absolute atomic E-state index is 0.0567. The quantitative estimate of drug-likeness (QED) is 0.776. The summed E-state index contributed by atoms with van der Waals surface area (Å²) in [6.45, 7) is 0.162. The Morgan fingerprint density at radius 2 is 2.00 bits per heavy atom. The van der Waals surface area contributed by atoms with Crippen LogP contribution in [-0.4, -0.2) is 47.5 Å². The summed E-state index contributed by atoms with van der Waals surface area (Å²) in [6.07, 6.45) is 6.10. The van der Waals surface area contributed by atoms with Crippen LogP contribution in [0.25, 0.3) is 0 Å². The summed E-state index contributed by atoms with van der Waals surface area (Å²) in [4.78, 5) is 36.5. The summed E-state index contributed by atoms with van der Waals surface area (Å²) in [6, 6.07) is -0.810. The zero-order valence-corrected chi connectivity index (χ0v) is 12.4. The second-order valence-corrected chi connectivity index (χ2v) is 6.06. The SMILES string of the molecule is COC(=O)C1CC(=O)N([C@@H](CC2CCCCC2)C(=O)O)C1. The first-order valence-electron chi connectivity index (χ1n) is 7.63. The standard InChI is InChI=1S/C15H23NO5/c1-21-15(20)11-8-13(17)16(9-11)12(14(18)19)7-10-5-3-2-4-6-10/h10-12H,2-9H2,1H3,(H,18,19)/t11?,12-/m0/s1. The van der Waals surface area contributed by atoms with Gasteiger partial charge in [0.25, 0.3) is 0 Å². The van der Waals surface area contributed by atoms with Crippen LogP contribution in [0.1, 0.15) is 44.9 Å². The molecule has 0 bridgehead atoms. The van der Waals surface area contributed by atoms with E-state index in [-0.39, 0.29) is 18.9 Å². The van der Waals surface area contributed by atoms with E-state index in [0.717, 1.165) is 25.7 Å². The minimum atomic E-state index is -0.973. The highest BCUT2D eigenvalue weighted by Crippen LogP contribution is 2.31. The van der Waals surface area contributed by atoms with E-state index in [1.807, 2.05) is 0 Å². The molecule has 1 N–H and O–H groups in total. The van der Waals surface area contributed by atoms with Crippen molar-refractivity contribution in [1.29, 1.82) is 0 Å². The highest BCUT2D eigenvalue weighted by Gasteiger charge is 2.41. The lowest BCUT2D eigenvalue weighted by Gasteiger charge is -2.30. The molecule has 1 aliphatic carbocycles. The fourth-order valence-corrected chi connectivity index (χ4v) is 3.46. The molecular formula is C15H23NO5. The second kappa shape index (κ2) is 6.91. The van der Waals surface area contributed by atoms with Gasteiger partial charge in [0, 0.05) is 13.0 Å². The number of hydrogen-bond donors (Lipinski definition) is 1. The molecule has 2 aliphatic rings. The van der Waals surface area contributed by atoms with Gasteiger partial charge in [0.2, 0.25) is 5.91 Å². The number of amides is 1. The number of carboxylic acids is 1. The van der Waals surface area contributed by atoms with Crippen LogP contribution in [0.3, 0.4) is 0 Å². The Morgan fingerprint density at radius 3 is 2.57 bits per heavy atom. The first kappa shape index (κ1) is 15.8. The van der Waals surface area contributed by atoms with Gasteiger partial charge in [-0.1, -0.05) is 32.1 Å². The summed E-state index contributed by atoms with van der Waals surface area (Å²) in [7, 11) is 1.28. The van der Waals surface area contributed by atoms with Gasteiger partial charge < -0.3 is 14.7 Å². The van der Waals surface area contributed by atoms with Gasteiger partial charge in [0.15, 0.2) is 0 Å². The van der Waals surface area contributed by atoms with Crippen LogP contribution in [0.2, 0.25) is 0 Å². The van der Waals surface area contributed by atoms with Crippen molar-refractivity contribution in [3.8, 4) is 0 Å². The molecule has 21 heavy (non-hydrogen) atoms. The first-order valence-corrected chi connectivity index (χ1v) is 7.63. The van der Waals surface area contributed by atoms with Crippen molar-refractivity contribution in [2.24, 2.45) is 11.8 Å². The van der Waals surface area contributed by atoms with Crippen molar-refractivity contribution in [2.45, 2.75) is 51.0 Å². The van der Waals surface area contributed by atoms with Crippen LogP contribution in [0.5, 0.6) is 0 Å². The predicted octanol–water partition coefficient (Wildman–Crippen LogP) is 1.43. The molecule has 1 unspecified atom stereocenters. The maximum atomic E-state index is 12.0. The molecule has 118 valence electrons. The van der Waals surface area contributed by atoms with Crippen molar-refractivity contribution in [2.75, 3.05) is 13.7 Å². The normalized spacial score (nSPS) is 24.9. The molecule has 1 heterocycles. The molecule has 1 saturated carbocycles. The molecule has 0 aromatic rings. The van der Waals surface area contributed by atoms with Crippen molar-refractivity contribution in [3.63, 3.8) is 0 Å². The molecule has 1 aliphatic heterocycles. The Bertz CT molecular complexity index is 416. The smallest absolute Gasteiger partial charge is 0.326 e. The zero-order valence-electron chi connectivity index (χ0n) is 12.4. The van der Waals surface area contributed by atoms with Gasteiger partial charge in [-0.25, -0.2) is 4.79 Å². The first-order chi connectivity index (χ1) is 10.0. The maximum Gasteiger partial charge on any atom is 0.326 e. The van der Waals surface area contributed by atoms with E-state index in [2.05, 4.69) is 4.74 Å². The van der Waals surface area contributed by atoms with E-state index in [1.54, 1.807) is 0 Å². The molecule has 2 fully saturated rings. The van der Waals surface area contributed by atoms with Gasteiger partial charge in [-0.3, -0.25) is 9.59 Å². The van der Waals surface area contributed by atoms with E-state index in [4.69, 9.17) is 0 Å². The number of ether oxygens (including phenoxy) is 1. The Morgan fingerprint density at radius 1 is 1.33 bits per heavy atom. The number of esters is 1. The lowest BCUT2D eigenvalue weighted by molar-refractivity contribution is -0.149. The monoisotopic (exact) mass is 297 g/mol. The summed E-state index contributed by atoms with van der Waals surface area (Å²) in [5.74, 6) is -1.83. The molecule has 6 heteroatoms. The number of hydrogen-bond acceptors (Lipinski definition) is 4. The van der Waals surface area contributed by atoms with Crippen LogP contribution in [0.4, 0.5) is 0 Å². The zero-order chi connectivity index (χ0) is 15.4. The van der Waals surface area contributed by atoms with Gasteiger partial charge in [0.05, 0.1) is 13.0 Å². The lowest BCUT2D eigenvalue weighted by atomic mass is 9.84. The molecule has 0 aromatic carbocycles. The van der Waals surface area contributed by atoms with Gasteiger partial charge in [0.1, 0.15) is 6.04 Å². The molecule has 0 aromatic heterocycles. The fourth-order valence-electron chi connectivity index (χ4n) is 3.46. The van der Waals surface area contributed by atoms with Gasteiger partial charge >= 0.3 is 11.9 Å². The molecular weight excluding hydrogens is 274 g/mol. The van der Waals surface area contributed by atoms with Crippen LogP contribution in [0.15, 0.2) is 0 Å². The summed E-state index contributed by atoms with van der Waals surface area (Å²) < 4.78 is 4.66. The molecule has 6 nitrogen and oxygen atoms in total. The highest BCUT2D eigenvalue weighted by molar-refractivity contribution is 5.90. The number of aliphatic carboxylic acids is 1. The van der Waals surface area contributed by atoms with Crippen molar-refractivity contribution in [1.82, 2.24) is 4.90 Å². The maximum absolute atomic E-state index is 12.0. The van der Waals surface area contributed by atoms with Crippen molar-refractivity contribution < 1.29 is 24.2 Å². The third kappa shape index (κ3) is 3.74. The van der Waals surface area contributed by atoms with Crippen molar-refractivity contribution >= 4 is 17.8 Å². The average Bonchev–Trinajstić information content (AvgIpc) is 2.86. The molecule has 0 radical (unpaired) electrons. The van der Waals surface area contributed by atoms with Gasteiger partial charge in [-0.05, 0) is 12.3 Å². The summed E-state index contributed by atoms with van der Waals surface area (Å²) in [5.41, 5.74) is 0. The van der Waals surface area contributed by atoms with Crippen LogP contribution in [-0.2, 0) is 19.1 Å². The topological polar surface area (TPSA) is 83.9 Å². The minimum Gasteiger partial charge on any atom is -0.480 e. The molecule has 2 rings (SSSR count). The number of methoxy groups -OCH3 is 1. The molecule has 0 spiro atoms. The van der Waals surface area contributed by atoms with E-state index in [0.29, 0.717) is 12.3 Å². The number of likely N-dealkylation sites (tertiary alicyclic amines) is 1. The van der Waals surface area contributed by atoms with Gasteiger partial charge in [-0.15, -0.1) is 0 Å². The van der Waals surface area contributed by atoms with Gasteiger partial charge in [-0.2, -0.15) is 0 Å². The average molecular weight is 297 g/mol.